The number of benzene rings is 1. The molecule has 0 radical (unpaired) electrons. The predicted molar refractivity (Wildman–Crippen MR) is 65.7 cm³/mol. The molecule has 0 saturated carbocycles. The van der Waals surface area contributed by atoms with Crippen LogP contribution in [-0.2, 0) is 4.74 Å². The molecule has 0 atom stereocenters. The monoisotopic (exact) mass is 221 g/mol. The van der Waals surface area contributed by atoms with Crippen LogP contribution < -0.4 is 4.90 Å². The number of nitrogens with zero attached hydrogens (tertiary/aromatic N) is 1. The average Bonchev–Trinajstić information content (AvgIpc) is 2.27. The van der Waals surface area contributed by atoms with Crippen molar-refractivity contribution in [2.45, 2.75) is 33.2 Å². The molecule has 0 unspecified atom stereocenters. The Kier molecular flexibility index (Phi) is 4.83. The van der Waals surface area contributed by atoms with E-state index in [-0.39, 0.29) is 12.1 Å². The summed E-state index contributed by atoms with van der Waals surface area (Å²) in [4.78, 5) is 13.5. The number of anilines is 1. The quantitative estimate of drug-likeness (QED) is 0.779. The number of carbonyl (C=O) groups excluding carboxylic acids is 1. The topological polar surface area (TPSA) is 29.5 Å². The van der Waals surface area contributed by atoms with Gasteiger partial charge < -0.3 is 4.74 Å². The first-order valence-electron chi connectivity index (χ1n) is 5.67. The van der Waals surface area contributed by atoms with Gasteiger partial charge in [0.15, 0.2) is 0 Å². The highest BCUT2D eigenvalue weighted by Gasteiger charge is 2.19. The molecule has 0 aromatic heterocycles. The van der Waals surface area contributed by atoms with Crippen LogP contribution in [0.5, 0.6) is 0 Å². The summed E-state index contributed by atoms with van der Waals surface area (Å²) in [6.45, 7) is 6.39. The molecular weight excluding hydrogens is 202 g/mol. The van der Waals surface area contributed by atoms with Crippen molar-refractivity contribution in [3.63, 3.8) is 0 Å². The second-order valence-electron chi connectivity index (χ2n) is 3.91. The first-order valence-corrected chi connectivity index (χ1v) is 5.67. The van der Waals surface area contributed by atoms with Crippen LogP contribution in [0.15, 0.2) is 30.3 Å². The fourth-order valence-corrected chi connectivity index (χ4v) is 1.46. The number of rotatable bonds is 4. The third-order valence-electron chi connectivity index (χ3n) is 2.18. The molecule has 3 heteroatoms. The van der Waals surface area contributed by atoms with Crippen molar-refractivity contribution in [3.8, 4) is 0 Å². The molecular formula is C13H19NO2. The Bertz CT molecular complexity index is 322. The van der Waals surface area contributed by atoms with E-state index < -0.39 is 0 Å². The fourth-order valence-electron chi connectivity index (χ4n) is 1.46. The lowest BCUT2D eigenvalue weighted by Crippen LogP contribution is -2.37. The highest BCUT2D eigenvalue weighted by atomic mass is 16.6. The van der Waals surface area contributed by atoms with Gasteiger partial charge >= 0.3 is 6.09 Å². The van der Waals surface area contributed by atoms with Crippen molar-refractivity contribution in [1.29, 1.82) is 0 Å². The van der Waals surface area contributed by atoms with Crippen LogP contribution in [0.25, 0.3) is 0 Å². The first kappa shape index (κ1) is 12.6. The van der Waals surface area contributed by atoms with E-state index in [0.717, 1.165) is 12.1 Å². The molecule has 16 heavy (non-hydrogen) atoms. The molecule has 0 saturated heterocycles. The number of carbonyl (C=O) groups is 1. The summed E-state index contributed by atoms with van der Waals surface area (Å²) >= 11 is 0. The van der Waals surface area contributed by atoms with Gasteiger partial charge in [0.25, 0.3) is 0 Å². The van der Waals surface area contributed by atoms with E-state index in [1.165, 1.54) is 0 Å². The summed E-state index contributed by atoms with van der Waals surface area (Å²) in [5, 5.41) is 0. The van der Waals surface area contributed by atoms with Crippen LogP contribution >= 0.6 is 0 Å². The van der Waals surface area contributed by atoms with Crippen molar-refractivity contribution < 1.29 is 9.53 Å². The minimum Gasteiger partial charge on any atom is -0.449 e. The minimum absolute atomic E-state index is 0.0896. The molecule has 3 nitrogen and oxygen atoms in total. The van der Waals surface area contributed by atoms with Gasteiger partial charge in [-0.3, -0.25) is 4.90 Å². The molecule has 0 bridgehead atoms. The predicted octanol–water partition coefficient (Wildman–Crippen LogP) is 3.45. The maximum absolute atomic E-state index is 11.8. The Morgan fingerprint density at radius 1 is 1.31 bits per heavy atom. The number of ether oxygens (including phenoxy) is 1. The third kappa shape index (κ3) is 3.26. The SMILES string of the molecule is CCCOC(=O)N(c1ccccc1)C(C)C. The summed E-state index contributed by atoms with van der Waals surface area (Å²) in [5.74, 6) is 0. The molecule has 0 heterocycles. The summed E-state index contributed by atoms with van der Waals surface area (Å²) in [6, 6.07) is 9.67. The van der Waals surface area contributed by atoms with E-state index in [1.807, 2.05) is 51.1 Å². The van der Waals surface area contributed by atoms with Gasteiger partial charge in [0.1, 0.15) is 0 Å². The highest BCUT2D eigenvalue weighted by molar-refractivity contribution is 5.88. The summed E-state index contributed by atoms with van der Waals surface area (Å²) in [5.41, 5.74) is 0.874. The van der Waals surface area contributed by atoms with Gasteiger partial charge in [0.2, 0.25) is 0 Å². The number of para-hydroxylation sites is 1. The molecule has 0 aliphatic rings. The van der Waals surface area contributed by atoms with Gasteiger partial charge in [-0.15, -0.1) is 0 Å². The first-order chi connectivity index (χ1) is 7.66. The van der Waals surface area contributed by atoms with Crippen molar-refractivity contribution >= 4 is 11.8 Å². The third-order valence-corrected chi connectivity index (χ3v) is 2.18. The lowest BCUT2D eigenvalue weighted by atomic mass is 10.2. The summed E-state index contributed by atoms with van der Waals surface area (Å²) in [6.07, 6.45) is 0.565. The number of amides is 1. The zero-order valence-corrected chi connectivity index (χ0v) is 10.1. The minimum atomic E-state index is -0.275. The summed E-state index contributed by atoms with van der Waals surface area (Å²) < 4.78 is 5.16. The Morgan fingerprint density at radius 3 is 2.44 bits per heavy atom. The Labute approximate surface area is 97.0 Å². The van der Waals surface area contributed by atoms with Gasteiger partial charge in [0.05, 0.1) is 6.61 Å². The van der Waals surface area contributed by atoms with E-state index in [0.29, 0.717) is 6.61 Å². The highest BCUT2D eigenvalue weighted by Crippen LogP contribution is 2.17. The maximum Gasteiger partial charge on any atom is 0.414 e. The van der Waals surface area contributed by atoms with Gasteiger partial charge in [-0.05, 0) is 32.4 Å². The Balaban J connectivity index is 2.79. The van der Waals surface area contributed by atoms with E-state index in [4.69, 9.17) is 4.74 Å². The molecule has 1 aromatic rings. The number of hydrogen-bond acceptors (Lipinski definition) is 2. The van der Waals surface area contributed by atoms with Crippen LogP contribution in [0.4, 0.5) is 10.5 Å². The largest absolute Gasteiger partial charge is 0.449 e. The number of hydrogen-bond donors (Lipinski definition) is 0. The second-order valence-corrected chi connectivity index (χ2v) is 3.91. The fraction of sp³-hybridized carbons (Fsp3) is 0.462. The zero-order chi connectivity index (χ0) is 12.0. The lowest BCUT2D eigenvalue weighted by molar-refractivity contribution is 0.152. The van der Waals surface area contributed by atoms with Crippen molar-refractivity contribution in [3.05, 3.63) is 30.3 Å². The average molecular weight is 221 g/mol. The molecule has 0 fully saturated rings. The molecule has 88 valence electrons. The van der Waals surface area contributed by atoms with Crippen molar-refractivity contribution in [1.82, 2.24) is 0 Å². The van der Waals surface area contributed by atoms with Crippen molar-refractivity contribution in [2.24, 2.45) is 0 Å². The van der Waals surface area contributed by atoms with Gasteiger partial charge in [0, 0.05) is 11.7 Å². The standard InChI is InChI=1S/C13H19NO2/c1-4-10-16-13(15)14(11(2)3)12-8-6-5-7-9-12/h5-9,11H,4,10H2,1-3H3. The van der Waals surface area contributed by atoms with Crippen LogP contribution in [0, 0.1) is 0 Å². The molecule has 1 rings (SSSR count). The molecule has 1 amide bonds. The van der Waals surface area contributed by atoms with Crippen LogP contribution in [-0.4, -0.2) is 18.7 Å². The van der Waals surface area contributed by atoms with E-state index in [9.17, 15) is 4.79 Å². The second kappa shape index (κ2) is 6.16. The van der Waals surface area contributed by atoms with Gasteiger partial charge in [-0.2, -0.15) is 0 Å². The van der Waals surface area contributed by atoms with Crippen LogP contribution in [0.1, 0.15) is 27.2 Å². The molecule has 0 aliphatic carbocycles. The molecule has 0 N–H and O–H groups in total. The van der Waals surface area contributed by atoms with Gasteiger partial charge in [-0.25, -0.2) is 4.79 Å². The van der Waals surface area contributed by atoms with E-state index in [2.05, 4.69) is 0 Å². The van der Waals surface area contributed by atoms with Gasteiger partial charge in [-0.1, -0.05) is 25.1 Å². The smallest absolute Gasteiger partial charge is 0.414 e. The normalized spacial score (nSPS) is 10.2. The molecule has 0 spiro atoms. The lowest BCUT2D eigenvalue weighted by Gasteiger charge is -2.25. The van der Waals surface area contributed by atoms with Crippen molar-refractivity contribution in [2.75, 3.05) is 11.5 Å². The molecule has 1 aromatic carbocycles. The Hall–Kier alpha value is -1.51. The van der Waals surface area contributed by atoms with E-state index in [1.54, 1.807) is 4.90 Å². The Morgan fingerprint density at radius 2 is 1.94 bits per heavy atom. The summed E-state index contributed by atoms with van der Waals surface area (Å²) in [7, 11) is 0. The maximum atomic E-state index is 11.8. The van der Waals surface area contributed by atoms with Crippen LogP contribution in [0.2, 0.25) is 0 Å². The van der Waals surface area contributed by atoms with Crippen LogP contribution in [0.3, 0.4) is 0 Å². The molecule has 0 aliphatic heterocycles. The zero-order valence-electron chi connectivity index (χ0n) is 10.1. The van der Waals surface area contributed by atoms with E-state index >= 15 is 0 Å².